The summed E-state index contributed by atoms with van der Waals surface area (Å²) in [6.45, 7) is 4.28. The van der Waals surface area contributed by atoms with Gasteiger partial charge in [0.05, 0.1) is 18.6 Å². The van der Waals surface area contributed by atoms with Gasteiger partial charge in [0.15, 0.2) is 0 Å². The van der Waals surface area contributed by atoms with Crippen molar-refractivity contribution < 1.29 is 4.79 Å². The Hall–Kier alpha value is -2.11. The number of aromatic amines is 1. The summed E-state index contributed by atoms with van der Waals surface area (Å²) < 4.78 is 1.95. The Kier molecular flexibility index (Phi) is 3.30. The van der Waals surface area contributed by atoms with Gasteiger partial charge in [0.2, 0.25) is 5.91 Å². The fraction of sp³-hybridized carbons (Fsp3) is 0.500. The van der Waals surface area contributed by atoms with Crippen molar-refractivity contribution in [3.8, 4) is 0 Å². The maximum atomic E-state index is 12.0. The van der Waals surface area contributed by atoms with Crippen molar-refractivity contribution in [3.63, 3.8) is 0 Å². The molecule has 2 aromatic heterocycles. The number of aromatic nitrogens is 4. The average Bonchev–Trinajstić information content (AvgIpc) is 3.09. The number of nitrogens with zero attached hydrogens (tertiary/aromatic N) is 3. The Balaban J connectivity index is 2.04. The number of carbonyl (C=O) groups is 1. The highest BCUT2D eigenvalue weighted by Gasteiger charge is 2.31. The molecule has 1 amide bonds. The Bertz CT molecular complexity index is 597. The van der Waals surface area contributed by atoms with E-state index in [0.29, 0.717) is 12.5 Å². The minimum atomic E-state index is 0.0179. The molecule has 0 radical (unpaired) electrons. The minimum Gasteiger partial charge on any atom is -0.348 e. The molecule has 106 valence electrons. The highest BCUT2D eigenvalue weighted by molar-refractivity contribution is 5.94. The van der Waals surface area contributed by atoms with Gasteiger partial charge in [-0.25, -0.2) is 9.67 Å². The molecule has 3 rings (SSSR count). The van der Waals surface area contributed by atoms with Gasteiger partial charge in [-0.3, -0.25) is 4.79 Å². The Morgan fingerprint density at radius 3 is 2.85 bits per heavy atom. The first-order valence-corrected chi connectivity index (χ1v) is 7.10. The van der Waals surface area contributed by atoms with E-state index in [-0.39, 0.29) is 11.8 Å². The van der Waals surface area contributed by atoms with E-state index < -0.39 is 0 Å². The molecule has 0 spiro atoms. The van der Waals surface area contributed by atoms with E-state index in [2.05, 4.69) is 34.2 Å². The van der Waals surface area contributed by atoms with E-state index in [0.717, 1.165) is 29.9 Å². The fourth-order valence-corrected chi connectivity index (χ4v) is 2.88. The fourth-order valence-electron chi connectivity index (χ4n) is 2.88. The van der Waals surface area contributed by atoms with E-state index in [1.54, 1.807) is 12.5 Å². The van der Waals surface area contributed by atoms with Crippen LogP contribution in [-0.4, -0.2) is 25.7 Å². The average molecular weight is 273 g/mol. The number of hydrogen-bond donors (Lipinski definition) is 2. The molecule has 1 atom stereocenters. The van der Waals surface area contributed by atoms with Crippen LogP contribution in [-0.2, 0) is 4.79 Å². The molecule has 0 aliphatic carbocycles. The third kappa shape index (κ3) is 2.01. The monoisotopic (exact) mass is 273 g/mol. The second-order valence-electron chi connectivity index (χ2n) is 5.18. The molecule has 6 nitrogen and oxygen atoms in total. The number of rotatable bonds is 4. The first kappa shape index (κ1) is 12.9. The summed E-state index contributed by atoms with van der Waals surface area (Å²) in [6.07, 6.45) is 7.72. The van der Waals surface area contributed by atoms with Gasteiger partial charge in [-0.05, 0) is 12.8 Å². The zero-order valence-corrected chi connectivity index (χ0v) is 11.8. The van der Waals surface area contributed by atoms with Crippen LogP contribution < -0.4 is 5.32 Å². The van der Waals surface area contributed by atoms with Crippen LogP contribution in [0.2, 0.25) is 0 Å². The van der Waals surface area contributed by atoms with Crippen LogP contribution in [0.15, 0.2) is 18.7 Å². The van der Waals surface area contributed by atoms with Crippen molar-refractivity contribution in [3.05, 3.63) is 30.0 Å². The molecule has 20 heavy (non-hydrogen) atoms. The van der Waals surface area contributed by atoms with Crippen LogP contribution in [0.4, 0.5) is 5.82 Å². The van der Waals surface area contributed by atoms with Crippen molar-refractivity contribution in [2.75, 3.05) is 5.32 Å². The van der Waals surface area contributed by atoms with Crippen molar-refractivity contribution in [1.29, 1.82) is 0 Å². The molecule has 0 aromatic carbocycles. The molecule has 0 saturated heterocycles. The number of amides is 1. The third-order valence-electron chi connectivity index (χ3n) is 4.03. The van der Waals surface area contributed by atoms with Gasteiger partial charge in [0.1, 0.15) is 5.82 Å². The molecular weight excluding hydrogens is 254 g/mol. The molecule has 2 N–H and O–H groups in total. The van der Waals surface area contributed by atoms with Gasteiger partial charge in [0, 0.05) is 29.8 Å². The Morgan fingerprint density at radius 2 is 2.20 bits per heavy atom. The molecule has 1 unspecified atom stereocenters. The Morgan fingerprint density at radius 1 is 1.40 bits per heavy atom. The van der Waals surface area contributed by atoms with Crippen molar-refractivity contribution in [2.45, 2.75) is 45.1 Å². The third-order valence-corrected chi connectivity index (χ3v) is 4.03. The van der Waals surface area contributed by atoms with Crippen LogP contribution >= 0.6 is 0 Å². The molecule has 6 heteroatoms. The summed E-state index contributed by atoms with van der Waals surface area (Å²) in [6, 6.07) is 0.319. The van der Waals surface area contributed by atoms with E-state index in [9.17, 15) is 4.79 Å². The van der Waals surface area contributed by atoms with E-state index in [4.69, 9.17) is 0 Å². The lowest BCUT2D eigenvalue weighted by Crippen LogP contribution is -2.26. The summed E-state index contributed by atoms with van der Waals surface area (Å²) in [7, 11) is 0. The van der Waals surface area contributed by atoms with Gasteiger partial charge in [0.25, 0.3) is 0 Å². The topological polar surface area (TPSA) is 75.6 Å². The van der Waals surface area contributed by atoms with E-state index >= 15 is 0 Å². The highest BCUT2D eigenvalue weighted by atomic mass is 16.1. The van der Waals surface area contributed by atoms with Crippen molar-refractivity contribution >= 4 is 11.7 Å². The first-order chi connectivity index (χ1) is 9.74. The maximum Gasteiger partial charge on any atom is 0.226 e. The smallest absolute Gasteiger partial charge is 0.226 e. The summed E-state index contributed by atoms with van der Waals surface area (Å²) in [4.78, 5) is 19.2. The highest BCUT2D eigenvalue weighted by Crippen LogP contribution is 2.37. The largest absolute Gasteiger partial charge is 0.348 e. The summed E-state index contributed by atoms with van der Waals surface area (Å²) >= 11 is 0. The van der Waals surface area contributed by atoms with Crippen molar-refractivity contribution in [2.24, 2.45) is 0 Å². The molecule has 1 aliphatic heterocycles. The number of hydrogen-bond acceptors (Lipinski definition) is 3. The van der Waals surface area contributed by atoms with Crippen LogP contribution in [0.3, 0.4) is 0 Å². The van der Waals surface area contributed by atoms with Gasteiger partial charge in [-0.15, -0.1) is 0 Å². The molecule has 3 heterocycles. The zero-order valence-electron chi connectivity index (χ0n) is 11.8. The minimum absolute atomic E-state index is 0.0179. The van der Waals surface area contributed by atoms with Gasteiger partial charge < -0.3 is 10.3 Å². The van der Waals surface area contributed by atoms with Crippen LogP contribution in [0.25, 0.3) is 0 Å². The SMILES string of the molecule is CCC(CC)n1ncc2c1NC(=O)CC2c1cnc[nH]1. The Labute approximate surface area is 117 Å². The predicted octanol–water partition coefficient (Wildman–Crippen LogP) is 2.44. The summed E-state index contributed by atoms with van der Waals surface area (Å²) in [5, 5.41) is 7.48. The molecule has 0 fully saturated rings. The second kappa shape index (κ2) is 5.11. The van der Waals surface area contributed by atoms with E-state index in [1.165, 1.54) is 0 Å². The quantitative estimate of drug-likeness (QED) is 0.898. The number of anilines is 1. The lowest BCUT2D eigenvalue weighted by molar-refractivity contribution is -0.116. The summed E-state index contributed by atoms with van der Waals surface area (Å²) in [5.74, 6) is 0.892. The normalized spacial score (nSPS) is 18.1. The number of imidazole rings is 1. The summed E-state index contributed by atoms with van der Waals surface area (Å²) in [5.41, 5.74) is 2.03. The zero-order chi connectivity index (χ0) is 14.1. The predicted molar refractivity (Wildman–Crippen MR) is 75.5 cm³/mol. The van der Waals surface area contributed by atoms with Crippen molar-refractivity contribution in [1.82, 2.24) is 19.7 Å². The van der Waals surface area contributed by atoms with Gasteiger partial charge >= 0.3 is 0 Å². The molecular formula is C14H19N5O. The lowest BCUT2D eigenvalue weighted by atomic mass is 9.91. The molecule has 2 aromatic rings. The molecule has 1 aliphatic rings. The number of nitrogens with one attached hydrogen (secondary N) is 2. The van der Waals surface area contributed by atoms with Gasteiger partial charge in [-0.1, -0.05) is 13.8 Å². The van der Waals surface area contributed by atoms with Crippen LogP contribution in [0.1, 0.15) is 56.3 Å². The van der Waals surface area contributed by atoms with Crippen LogP contribution in [0, 0.1) is 0 Å². The van der Waals surface area contributed by atoms with E-state index in [1.807, 2.05) is 10.9 Å². The standard InChI is InChI=1S/C14H19N5O/c1-3-9(4-2)19-14-11(6-17-19)10(5-13(20)18-14)12-7-15-8-16-12/h6-10H,3-5H2,1-2H3,(H,15,16)(H,18,20). The lowest BCUT2D eigenvalue weighted by Gasteiger charge is -2.24. The second-order valence-corrected chi connectivity index (χ2v) is 5.18. The van der Waals surface area contributed by atoms with Gasteiger partial charge in [-0.2, -0.15) is 5.10 Å². The van der Waals surface area contributed by atoms with Crippen LogP contribution in [0.5, 0.6) is 0 Å². The number of H-pyrrole nitrogens is 1. The number of fused-ring (bicyclic) bond motifs is 1. The molecule has 0 bridgehead atoms. The molecule has 0 saturated carbocycles. The number of carbonyl (C=O) groups excluding carboxylic acids is 1. The maximum absolute atomic E-state index is 12.0. The first-order valence-electron chi connectivity index (χ1n) is 7.10.